The van der Waals surface area contributed by atoms with E-state index >= 15 is 0 Å². The third-order valence-corrected chi connectivity index (χ3v) is 4.93. The molecule has 0 N–H and O–H groups in total. The van der Waals surface area contributed by atoms with Crippen LogP contribution in [0.25, 0.3) is 0 Å². The van der Waals surface area contributed by atoms with E-state index in [1.54, 1.807) is 0 Å². The van der Waals surface area contributed by atoms with Crippen LogP contribution in [0.4, 0.5) is 0 Å². The molecule has 2 bridgehead atoms. The van der Waals surface area contributed by atoms with Crippen LogP contribution in [0.3, 0.4) is 0 Å². The molecule has 0 unspecified atom stereocenters. The van der Waals surface area contributed by atoms with Gasteiger partial charge in [0.25, 0.3) is 0 Å². The Bertz CT molecular complexity index is 783. The number of fused-ring (bicyclic) bond motifs is 2. The molecule has 3 aliphatic rings. The maximum Gasteiger partial charge on any atom is 0.314 e. The first-order valence-electron chi connectivity index (χ1n) is 7.64. The monoisotopic (exact) mass is 308 g/mol. The molecule has 4 heteroatoms. The lowest BCUT2D eigenvalue weighted by atomic mass is 9.62. The summed E-state index contributed by atoms with van der Waals surface area (Å²) in [4.78, 5) is 24.9. The molecule has 3 atom stereocenters. The normalized spacial score (nSPS) is 28.0. The molecule has 0 radical (unpaired) electrons. The minimum atomic E-state index is -1.10. The molecule has 116 valence electrons. The first-order chi connectivity index (χ1) is 11.2. The summed E-state index contributed by atoms with van der Waals surface area (Å²) in [6, 6.07) is 17.2. The average molecular weight is 308 g/mol. The van der Waals surface area contributed by atoms with Crippen LogP contribution in [0.1, 0.15) is 29.0 Å². The predicted molar refractivity (Wildman–Crippen MR) is 82.6 cm³/mol. The van der Waals surface area contributed by atoms with Crippen molar-refractivity contribution in [3.63, 3.8) is 0 Å². The fraction of sp³-hybridized carbons (Fsp3) is 0.263. The highest BCUT2D eigenvalue weighted by atomic mass is 16.6. The molecule has 0 aromatic heterocycles. The minimum Gasteiger partial charge on any atom is -0.469 e. The standard InChI is InChI=1S/C19H16O4/c1-22-18(21)16-11-14-13-9-5-6-10-15(13)19(16,23-17(14)20)12-7-3-2-4-8-12/h2-10,14,16H,11H2,1H3/t14-,16-,19-/m0/s1. The van der Waals surface area contributed by atoms with Gasteiger partial charge in [-0.05, 0) is 12.0 Å². The molecule has 2 aromatic rings. The molecule has 1 fully saturated rings. The van der Waals surface area contributed by atoms with Gasteiger partial charge in [0.1, 0.15) is 5.92 Å². The highest BCUT2D eigenvalue weighted by Crippen LogP contribution is 2.56. The summed E-state index contributed by atoms with van der Waals surface area (Å²) < 4.78 is 10.9. The van der Waals surface area contributed by atoms with Crippen molar-refractivity contribution >= 4 is 11.9 Å². The van der Waals surface area contributed by atoms with Gasteiger partial charge in [-0.25, -0.2) is 0 Å². The molecule has 1 aliphatic carbocycles. The Morgan fingerprint density at radius 3 is 2.57 bits per heavy atom. The maximum atomic E-state index is 12.5. The first kappa shape index (κ1) is 14.0. The van der Waals surface area contributed by atoms with E-state index in [1.807, 2.05) is 54.6 Å². The average Bonchev–Trinajstić information content (AvgIpc) is 2.62. The van der Waals surface area contributed by atoms with Gasteiger partial charge in [-0.1, -0.05) is 54.6 Å². The van der Waals surface area contributed by atoms with Gasteiger partial charge >= 0.3 is 11.9 Å². The van der Waals surface area contributed by atoms with E-state index in [4.69, 9.17) is 9.47 Å². The number of ether oxygens (including phenoxy) is 2. The second kappa shape index (κ2) is 4.95. The maximum absolute atomic E-state index is 12.5. The molecule has 0 spiro atoms. The SMILES string of the molecule is COC(=O)[C@@H]1C[C@@H]2C(=O)O[C@@]1(c1ccccc1)c1ccccc12. The molecule has 2 aromatic carbocycles. The summed E-state index contributed by atoms with van der Waals surface area (Å²) >= 11 is 0. The van der Waals surface area contributed by atoms with Gasteiger partial charge in [0.15, 0.2) is 5.60 Å². The van der Waals surface area contributed by atoms with E-state index in [9.17, 15) is 9.59 Å². The highest BCUT2D eigenvalue weighted by molar-refractivity contribution is 5.88. The van der Waals surface area contributed by atoms with Gasteiger partial charge in [0.2, 0.25) is 0 Å². The van der Waals surface area contributed by atoms with Crippen molar-refractivity contribution in [1.82, 2.24) is 0 Å². The lowest BCUT2D eigenvalue weighted by Crippen LogP contribution is -2.55. The van der Waals surface area contributed by atoms with Crippen LogP contribution in [0.2, 0.25) is 0 Å². The van der Waals surface area contributed by atoms with Gasteiger partial charge in [-0.2, -0.15) is 0 Å². The molecule has 2 aliphatic heterocycles. The number of methoxy groups -OCH3 is 1. The smallest absolute Gasteiger partial charge is 0.314 e. The quantitative estimate of drug-likeness (QED) is 0.801. The van der Waals surface area contributed by atoms with Crippen molar-refractivity contribution in [2.75, 3.05) is 7.11 Å². The fourth-order valence-electron chi connectivity index (χ4n) is 3.94. The van der Waals surface area contributed by atoms with Crippen LogP contribution in [-0.2, 0) is 24.7 Å². The van der Waals surface area contributed by atoms with Gasteiger partial charge < -0.3 is 9.47 Å². The number of hydrogen-bond donors (Lipinski definition) is 0. The lowest BCUT2D eigenvalue weighted by Gasteiger charge is -2.50. The van der Waals surface area contributed by atoms with Crippen molar-refractivity contribution in [1.29, 1.82) is 0 Å². The van der Waals surface area contributed by atoms with Gasteiger partial charge in [0, 0.05) is 11.1 Å². The van der Waals surface area contributed by atoms with Crippen molar-refractivity contribution < 1.29 is 19.1 Å². The Labute approximate surface area is 134 Å². The molecular weight excluding hydrogens is 292 g/mol. The molecule has 5 rings (SSSR count). The van der Waals surface area contributed by atoms with E-state index in [0.717, 1.165) is 16.7 Å². The molecule has 23 heavy (non-hydrogen) atoms. The molecular formula is C19H16O4. The zero-order valence-corrected chi connectivity index (χ0v) is 12.7. The van der Waals surface area contributed by atoms with Crippen molar-refractivity contribution in [3.8, 4) is 0 Å². The van der Waals surface area contributed by atoms with E-state index in [0.29, 0.717) is 6.42 Å². The van der Waals surface area contributed by atoms with E-state index in [1.165, 1.54) is 7.11 Å². The summed E-state index contributed by atoms with van der Waals surface area (Å²) in [5.74, 6) is -1.55. The molecule has 1 saturated heterocycles. The fourth-order valence-corrected chi connectivity index (χ4v) is 3.94. The van der Waals surface area contributed by atoms with E-state index < -0.39 is 17.4 Å². The molecule has 2 heterocycles. The van der Waals surface area contributed by atoms with Crippen LogP contribution < -0.4 is 0 Å². The summed E-state index contributed by atoms with van der Waals surface area (Å²) in [6.45, 7) is 0. The number of hydrogen-bond acceptors (Lipinski definition) is 4. The number of carbonyl (C=O) groups is 2. The highest BCUT2D eigenvalue weighted by Gasteiger charge is 2.60. The number of esters is 2. The molecule has 0 saturated carbocycles. The summed E-state index contributed by atoms with van der Waals surface area (Å²) in [7, 11) is 1.37. The minimum absolute atomic E-state index is 0.271. The Kier molecular flexibility index (Phi) is 3.01. The molecule has 4 nitrogen and oxygen atoms in total. The van der Waals surface area contributed by atoms with Crippen molar-refractivity contribution in [3.05, 3.63) is 71.3 Å². The third-order valence-electron chi connectivity index (χ3n) is 4.93. The number of rotatable bonds is 2. The zero-order chi connectivity index (χ0) is 16.0. The first-order valence-corrected chi connectivity index (χ1v) is 7.64. The summed E-state index contributed by atoms with van der Waals surface area (Å²) in [5, 5.41) is 0. The van der Waals surface area contributed by atoms with Crippen LogP contribution in [0, 0.1) is 5.92 Å². The second-order valence-corrected chi connectivity index (χ2v) is 5.97. The predicted octanol–water partition coefficient (Wildman–Crippen LogP) is 2.76. The Hall–Kier alpha value is -2.62. The van der Waals surface area contributed by atoms with Gasteiger partial charge in [-0.3, -0.25) is 9.59 Å². The van der Waals surface area contributed by atoms with E-state index in [-0.39, 0.29) is 11.9 Å². The largest absolute Gasteiger partial charge is 0.469 e. The zero-order valence-electron chi connectivity index (χ0n) is 12.7. The van der Waals surface area contributed by atoms with Crippen LogP contribution in [0.15, 0.2) is 54.6 Å². The Morgan fingerprint density at radius 1 is 1.13 bits per heavy atom. The Balaban J connectivity index is 2.03. The number of carbonyl (C=O) groups excluding carboxylic acids is 2. The molecule has 0 amide bonds. The third kappa shape index (κ3) is 1.78. The Morgan fingerprint density at radius 2 is 1.83 bits per heavy atom. The topological polar surface area (TPSA) is 52.6 Å². The van der Waals surface area contributed by atoms with Crippen LogP contribution in [0.5, 0.6) is 0 Å². The van der Waals surface area contributed by atoms with Gasteiger partial charge in [0.05, 0.1) is 13.0 Å². The van der Waals surface area contributed by atoms with Crippen molar-refractivity contribution in [2.45, 2.75) is 17.9 Å². The second-order valence-electron chi connectivity index (χ2n) is 5.97. The summed E-state index contributed by atoms with van der Waals surface area (Å²) in [6.07, 6.45) is 0.414. The summed E-state index contributed by atoms with van der Waals surface area (Å²) in [5.41, 5.74) is 1.54. The van der Waals surface area contributed by atoms with E-state index in [2.05, 4.69) is 0 Å². The van der Waals surface area contributed by atoms with Crippen LogP contribution in [-0.4, -0.2) is 19.0 Å². The number of benzene rings is 2. The van der Waals surface area contributed by atoms with Crippen molar-refractivity contribution in [2.24, 2.45) is 5.92 Å². The lowest BCUT2D eigenvalue weighted by molar-refractivity contribution is -0.187. The van der Waals surface area contributed by atoms with Crippen LogP contribution >= 0.6 is 0 Å². The van der Waals surface area contributed by atoms with Gasteiger partial charge in [-0.15, -0.1) is 0 Å².